The standard InChI is InChI=1S/C13H15BrO3/c1-2-9-6-7-13(9,12(15)16)17-11-5-3-4-10(14)8-11/h3-5,8-9H,2,6-7H2,1H3,(H,15,16). The summed E-state index contributed by atoms with van der Waals surface area (Å²) < 4.78 is 6.65. The number of ether oxygens (including phenoxy) is 1. The second kappa shape index (κ2) is 4.69. The Labute approximate surface area is 109 Å². The third-order valence-corrected chi connectivity index (χ3v) is 3.97. The highest BCUT2D eigenvalue weighted by Gasteiger charge is 2.54. The highest BCUT2D eigenvalue weighted by atomic mass is 79.9. The van der Waals surface area contributed by atoms with Gasteiger partial charge in [-0.25, -0.2) is 4.79 Å². The first-order valence-electron chi connectivity index (χ1n) is 5.76. The van der Waals surface area contributed by atoms with Gasteiger partial charge in [0.1, 0.15) is 5.75 Å². The molecule has 92 valence electrons. The lowest BCUT2D eigenvalue weighted by atomic mass is 9.68. The van der Waals surface area contributed by atoms with E-state index in [4.69, 9.17) is 4.74 Å². The molecule has 0 heterocycles. The molecule has 0 bridgehead atoms. The summed E-state index contributed by atoms with van der Waals surface area (Å²) in [5.41, 5.74) is -1.02. The van der Waals surface area contributed by atoms with Crippen LogP contribution >= 0.6 is 15.9 Å². The number of aliphatic carboxylic acids is 1. The number of rotatable bonds is 4. The normalized spacial score (nSPS) is 27.3. The van der Waals surface area contributed by atoms with Crippen LogP contribution in [-0.4, -0.2) is 16.7 Å². The van der Waals surface area contributed by atoms with Gasteiger partial charge in [-0.05, 0) is 37.5 Å². The smallest absolute Gasteiger partial charge is 0.348 e. The maximum absolute atomic E-state index is 11.4. The van der Waals surface area contributed by atoms with Gasteiger partial charge in [0.15, 0.2) is 0 Å². The molecular weight excluding hydrogens is 284 g/mol. The topological polar surface area (TPSA) is 46.5 Å². The van der Waals surface area contributed by atoms with Crippen LogP contribution in [0.25, 0.3) is 0 Å². The summed E-state index contributed by atoms with van der Waals surface area (Å²) >= 11 is 3.35. The van der Waals surface area contributed by atoms with Crippen molar-refractivity contribution in [3.8, 4) is 5.75 Å². The molecule has 1 aromatic carbocycles. The number of carboxylic acids is 1. The highest BCUT2D eigenvalue weighted by molar-refractivity contribution is 9.10. The van der Waals surface area contributed by atoms with Gasteiger partial charge in [-0.3, -0.25) is 0 Å². The van der Waals surface area contributed by atoms with Crippen LogP contribution in [0.4, 0.5) is 0 Å². The van der Waals surface area contributed by atoms with Crippen LogP contribution in [0.15, 0.2) is 28.7 Å². The van der Waals surface area contributed by atoms with Gasteiger partial charge in [-0.1, -0.05) is 28.9 Å². The van der Waals surface area contributed by atoms with E-state index in [1.807, 2.05) is 19.1 Å². The Bertz CT molecular complexity index is 430. The molecule has 0 aliphatic heterocycles. The summed E-state index contributed by atoms with van der Waals surface area (Å²) in [6.45, 7) is 2.01. The van der Waals surface area contributed by atoms with E-state index >= 15 is 0 Å². The van der Waals surface area contributed by atoms with Crippen molar-refractivity contribution >= 4 is 21.9 Å². The van der Waals surface area contributed by atoms with Gasteiger partial charge in [-0.2, -0.15) is 0 Å². The molecule has 0 saturated heterocycles. The van der Waals surface area contributed by atoms with Crippen molar-refractivity contribution in [2.45, 2.75) is 31.8 Å². The molecule has 1 aliphatic rings. The zero-order chi connectivity index (χ0) is 12.5. The SMILES string of the molecule is CCC1CCC1(Oc1cccc(Br)c1)C(=O)O. The predicted octanol–water partition coefficient (Wildman–Crippen LogP) is 3.47. The summed E-state index contributed by atoms with van der Waals surface area (Å²) in [4.78, 5) is 11.4. The fraction of sp³-hybridized carbons (Fsp3) is 0.462. The summed E-state index contributed by atoms with van der Waals surface area (Å²) in [6, 6.07) is 7.32. The number of hydrogen-bond donors (Lipinski definition) is 1. The molecule has 2 atom stereocenters. The molecule has 2 unspecified atom stereocenters. The van der Waals surface area contributed by atoms with Gasteiger partial charge in [-0.15, -0.1) is 0 Å². The molecule has 3 nitrogen and oxygen atoms in total. The maximum atomic E-state index is 11.4. The van der Waals surface area contributed by atoms with E-state index in [0.29, 0.717) is 12.2 Å². The van der Waals surface area contributed by atoms with Crippen LogP contribution in [0.1, 0.15) is 26.2 Å². The van der Waals surface area contributed by atoms with Gasteiger partial charge in [0, 0.05) is 10.4 Å². The molecule has 17 heavy (non-hydrogen) atoms. The Kier molecular flexibility index (Phi) is 3.43. The van der Waals surface area contributed by atoms with Crippen LogP contribution in [0, 0.1) is 5.92 Å². The lowest BCUT2D eigenvalue weighted by molar-refractivity contribution is -0.173. The molecule has 0 aromatic heterocycles. The minimum Gasteiger partial charge on any atom is -0.478 e. The Morgan fingerprint density at radius 3 is 2.88 bits per heavy atom. The summed E-state index contributed by atoms with van der Waals surface area (Å²) in [6.07, 6.45) is 2.35. The molecule has 1 fully saturated rings. The van der Waals surface area contributed by atoms with E-state index in [0.717, 1.165) is 17.3 Å². The Morgan fingerprint density at radius 1 is 1.65 bits per heavy atom. The van der Waals surface area contributed by atoms with Crippen molar-refractivity contribution < 1.29 is 14.6 Å². The van der Waals surface area contributed by atoms with Crippen LogP contribution in [0.3, 0.4) is 0 Å². The molecule has 0 radical (unpaired) electrons. The maximum Gasteiger partial charge on any atom is 0.348 e. The van der Waals surface area contributed by atoms with Gasteiger partial charge >= 0.3 is 5.97 Å². The van der Waals surface area contributed by atoms with Gasteiger partial charge in [0.2, 0.25) is 5.60 Å². The number of halogens is 1. The van der Waals surface area contributed by atoms with E-state index in [1.54, 1.807) is 12.1 Å². The van der Waals surface area contributed by atoms with Crippen molar-refractivity contribution in [3.05, 3.63) is 28.7 Å². The molecule has 0 amide bonds. The third kappa shape index (κ3) is 2.18. The van der Waals surface area contributed by atoms with Crippen molar-refractivity contribution in [1.82, 2.24) is 0 Å². The average Bonchev–Trinajstić information content (AvgIpc) is 2.24. The first-order valence-corrected chi connectivity index (χ1v) is 6.56. The van der Waals surface area contributed by atoms with Crippen LogP contribution < -0.4 is 4.74 Å². The third-order valence-electron chi connectivity index (χ3n) is 3.47. The summed E-state index contributed by atoms with van der Waals surface area (Å²) in [7, 11) is 0. The van der Waals surface area contributed by atoms with Crippen molar-refractivity contribution in [2.75, 3.05) is 0 Å². The fourth-order valence-electron chi connectivity index (χ4n) is 2.34. The van der Waals surface area contributed by atoms with Crippen molar-refractivity contribution in [2.24, 2.45) is 5.92 Å². The monoisotopic (exact) mass is 298 g/mol. The van der Waals surface area contributed by atoms with E-state index < -0.39 is 11.6 Å². The summed E-state index contributed by atoms with van der Waals surface area (Å²) in [5.74, 6) is -0.130. The second-order valence-corrected chi connectivity index (χ2v) is 5.31. The number of carbonyl (C=O) groups is 1. The number of hydrogen-bond acceptors (Lipinski definition) is 2. The molecule has 1 aliphatic carbocycles. The number of carboxylic acid groups (broad SMARTS) is 1. The van der Waals surface area contributed by atoms with Crippen molar-refractivity contribution in [1.29, 1.82) is 0 Å². The Morgan fingerprint density at radius 2 is 2.41 bits per heavy atom. The van der Waals surface area contributed by atoms with Gasteiger partial charge < -0.3 is 9.84 Å². The summed E-state index contributed by atoms with van der Waals surface area (Å²) in [5, 5.41) is 9.38. The average molecular weight is 299 g/mol. The number of benzene rings is 1. The van der Waals surface area contributed by atoms with Gasteiger partial charge in [0.05, 0.1) is 0 Å². The van der Waals surface area contributed by atoms with Crippen LogP contribution in [0.5, 0.6) is 5.75 Å². The molecule has 2 rings (SSSR count). The molecule has 0 spiro atoms. The minimum absolute atomic E-state index is 0.110. The lowest BCUT2D eigenvalue weighted by Gasteiger charge is -2.45. The minimum atomic E-state index is -1.02. The van der Waals surface area contributed by atoms with E-state index in [1.165, 1.54) is 0 Å². The van der Waals surface area contributed by atoms with E-state index in [-0.39, 0.29) is 5.92 Å². The van der Waals surface area contributed by atoms with Gasteiger partial charge in [0.25, 0.3) is 0 Å². The highest BCUT2D eigenvalue weighted by Crippen LogP contribution is 2.44. The lowest BCUT2D eigenvalue weighted by Crippen LogP contribution is -2.57. The van der Waals surface area contributed by atoms with Crippen LogP contribution in [0.2, 0.25) is 0 Å². The Hall–Kier alpha value is -1.03. The molecule has 1 aromatic rings. The molecule has 1 N–H and O–H groups in total. The molecule has 4 heteroatoms. The van der Waals surface area contributed by atoms with Crippen LogP contribution in [-0.2, 0) is 4.79 Å². The largest absolute Gasteiger partial charge is 0.478 e. The Balaban J connectivity index is 2.22. The van der Waals surface area contributed by atoms with E-state index in [2.05, 4.69) is 15.9 Å². The predicted molar refractivity (Wildman–Crippen MR) is 68.2 cm³/mol. The quantitative estimate of drug-likeness (QED) is 0.926. The first kappa shape index (κ1) is 12.4. The van der Waals surface area contributed by atoms with E-state index in [9.17, 15) is 9.90 Å². The zero-order valence-corrected chi connectivity index (χ0v) is 11.2. The second-order valence-electron chi connectivity index (χ2n) is 4.40. The molecule has 1 saturated carbocycles. The molecular formula is C13H15BrO3. The fourth-order valence-corrected chi connectivity index (χ4v) is 2.72. The zero-order valence-electron chi connectivity index (χ0n) is 9.65. The van der Waals surface area contributed by atoms with Crippen molar-refractivity contribution in [3.63, 3.8) is 0 Å². The first-order chi connectivity index (χ1) is 8.08.